The van der Waals surface area contributed by atoms with Gasteiger partial charge in [-0.3, -0.25) is 18.6 Å². The minimum Gasteiger partial charge on any atom is -0.480 e. The molecule has 0 saturated heterocycles. The van der Waals surface area contributed by atoms with E-state index in [0.29, 0.717) is 6.42 Å². The van der Waals surface area contributed by atoms with Crippen LogP contribution >= 0.6 is 7.82 Å². The third kappa shape index (κ3) is 40.2. The van der Waals surface area contributed by atoms with Crippen molar-refractivity contribution in [2.45, 2.75) is 206 Å². The molecule has 0 aliphatic heterocycles. The number of hydrogen-bond acceptors (Lipinski definition) is 9. The van der Waals surface area contributed by atoms with Crippen LogP contribution in [0.2, 0.25) is 0 Å². The Hall–Kier alpha value is -2.56. The first-order valence-corrected chi connectivity index (χ1v) is 24.2. The summed E-state index contributed by atoms with van der Waals surface area (Å²) in [5.74, 6) is -2.64. The van der Waals surface area contributed by atoms with Gasteiger partial charge in [0.2, 0.25) is 0 Å². The molecule has 0 aliphatic rings. The summed E-state index contributed by atoms with van der Waals surface area (Å²) in [6.45, 7) is 2.66. The van der Waals surface area contributed by atoms with Crippen LogP contribution in [-0.4, -0.2) is 59.9 Å². The van der Waals surface area contributed by atoms with Crippen LogP contribution in [0.25, 0.3) is 0 Å². The normalized spacial score (nSPS) is 14.1. The SMILES string of the molecule is CCCCC/C=C/C/C=C/CCCCCCCCCCCC(=O)O[C@H](COC(=O)/C=C/C=C/CCCCCCCCCCCCC)COP(=O)(O)OC[C@H](N)C(=O)O. The van der Waals surface area contributed by atoms with E-state index >= 15 is 0 Å². The number of carbonyl (C=O) groups is 3. The first kappa shape index (κ1) is 55.4. The summed E-state index contributed by atoms with van der Waals surface area (Å²) in [6.07, 6.45) is 46.6. The Morgan fingerprint density at radius 1 is 0.586 bits per heavy atom. The topological polar surface area (TPSA) is 172 Å². The van der Waals surface area contributed by atoms with Crippen molar-refractivity contribution in [1.29, 1.82) is 0 Å². The zero-order valence-corrected chi connectivity index (χ0v) is 37.3. The molecule has 336 valence electrons. The average molecular weight is 840 g/mol. The number of hydrogen-bond donors (Lipinski definition) is 3. The Balaban J connectivity index is 4.42. The zero-order chi connectivity index (χ0) is 42.8. The van der Waals surface area contributed by atoms with Crippen LogP contribution in [0.5, 0.6) is 0 Å². The van der Waals surface area contributed by atoms with Gasteiger partial charge < -0.3 is 25.2 Å². The summed E-state index contributed by atoms with van der Waals surface area (Å²) in [4.78, 5) is 45.9. The number of nitrogens with two attached hydrogens (primary N) is 1. The van der Waals surface area contributed by atoms with E-state index in [9.17, 15) is 23.8 Å². The molecule has 0 heterocycles. The maximum atomic E-state index is 12.6. The molecule has 0 fully saturated rings. The van der Waals surface area contributed by atoms with Crippen LogP contribution in [0, 0.1) is 0 Å². The number of phosphoric ester groups is 1. The molecule has 58 heavy (non-hydrogen) atoms. The molecule has 4 N–H and O–H groups in total. The fourth-order valence-corrected chi connectivity index (χ4v) is 6.85. The van der Waals surface area contributed by atoms with Gasteiger partial charge in [0.25, 0.3) is 0 Å². The summed E-state index contributed by atoms with van der Waals surface area (Å²) in [7, 11) is -4.74. The molecule has 0 amide bonds. The maximum Gasteiger partial charge on any atom is 0.472 e. The Bertz CT molecular complexity index is 1170. The van der Waals surface area contributed by atoms with Gasteiger partial charge in [0.05, 0.1) is 13.2 Å². The van der Waals surface area contributed by atoms with Gasteiger partial charge >= 0.3 is 25.7 Å². The highest BCUT2D eigenvalue weighted by molar-refractivity contribution is 7.47. The Morgan fingerprint density at radius 2 is 1.03 bits per heavy atom. The Labute approximate surface area is 352 Å². The van der Waals surface area contributed by atoms with Gasteiger partial charge in [0.15, 0.2) is 6.10 Å². The number of carbonyl (C=O) groups excluding carboxylic acids is 2. The van der Waals surface area contributed by atoms with Crippen molar-refractivity contribution in [3.63, 3.8) is 0 Å². The molecule has 12 heteroatoms. The molecule has 0 aromatic rings. The number of aliphatic carboxylic acids is 1. The van der Waals surface area contributed by atoms with Gasteiger partial charge in [-0.1, -0.05) is 178 Å². The predicted molar refractivity (Wildman–Crippen MR) is 235 cm³/mol. The lowest BCUT2D eigenvalue weighted by molar-refractivity contribution is -0.159. The first-order chi connectivity index (χ1) is 28.1. The maximum absolute atomic E-state index is 12.6. The second kappa shape index (κ2) is 41.2. The fraction of sp³-hybridized carbons (Fsp3) is 0.761. The lowest BCUT2D eigenvalue weighted by Gasteiger charge is -2.20. The highest BCUT2D eigenvalue weighted by atomic mass is 31.2. The van der Waals surface area contributed by atoms with E-state index in [1.54, 1.807) is 12.2 Å². The second-order valence-corrected chi connectivity index (χ2v) is 16.7. The third-order valence-corrected chi connectivity index (χ3v) is 10.6. The van der Waals surface area contributed by atoms with Gasteiger partial charge in [-0.25, -0.2) is 9.36 Å². The van der Waals surface area contributed by atoms with Crippen molar-refractivity contribution in [3.8, 4) is 0 Å². The highest BCUT2D eigenvalue weighted by Gasteiger charge is 2.28. The predicted octanol–water partition coefficient (Wildman–Crippen LogP) is 12.2. The molecular weight excluding hydrogens is 757 g/mol. The number of unbranched alkanes of at least 4 members (excludes halogenated alkanes) is 23. The van der Waals surface area contributed by atoms with E-state index in [2.05, 4.69) is 42.7 Å². The van der Waals surface area contributed by atoms with Crippen molar-refractivity contribution < 1.29 is 47.5 Å². The van der Waals surface area contributed by atoms with E-state index in [4.69, 9.17) is 24.8 Å². The van der Waals surface area contributed by atoms with Gasteiger partial charge in [-0.05, 0) is 51.4 Å². The zero-order valence-electron chi connectivity index (χ0n) is 36.4. The van der Waals surface area contributed by atoms with Crippen molar-refractivity contribution >= 4 is 25.7 Å². The lowest BCUT2D eigenvalue weighted by Crippen LogP contribution is -2.34. The van der Waals surface area contributed by atoms with Gasteiger partial charge in [0.1, 0.15) is 12.6 Å². The van der Waals surface area contributed by atoms with E-state index in [0.717, 1.165) is 51.4 Å². The van der Waals surface area contributed by atoms with E-state index in [1.165, 1.54) is 122 Å². The van der Waals surface area contributed by atoms with Crippen LogP contribution in [0.15, 0.2) is 48.6 Å². The molecule has 0 aromatic carbocycles. The smallest absolute Gasteiger partial charge is 0.472 e. The third-order valence-electron chi connectivity index (χ3n) is 9.65. The number of carboxylic acids is 1. The van der Waals surface area contributed by atoms with Crippen molar-refractivity contribution in [1.82, 2.24) is 0 Å². The van der Waals surface area contributed by atoms with E-state index in [-0.39, 0.29) is 6.42 Å². The second-order valence-electron chi connectivity index (χ2n) is 15.3. The minimum absolute atomic E-state index is 0.136. The highest BCUT2D eigenvalue weighted by Crippen LogP contribution is 2.43. The van der Waals surface area contributed by atoms with Crippen molar-refractivity contribution in [3.05, 3.63) is 48.6 Å². The van der Waals surface area contributed by atoms with Crippen molar-refractivity contribution in [2.24, 2.45) is 5.73 Å². The Kier molecular flexibility index (Phi) is 39.4. The summed E-state index contributed by atoms with van der Waals surface area (Å²) in [5, 5.41) is 8.89. The summed E-state index contributed by atoms with van der Waals surface area (Å²) in [6, 6.07) is -1.53. The summed E-state index contributed by atoms with van der Waals surface area (Å²) < 4.78 is 32.5. The average Bonchev–Trinajstić information content (AvgIpc) is 3.20. The molecule has 0 bridgehead atoms. The van der Waals surface area contributed by atoms with Crippen LogP contribution in [0.1, 0.15) is 194 Å². The monoisotopic (exact) mass is 840 g/mol. The van der Waals surface area contributed by atoms with Crippen molar-refractivity contribution in [2.75, 3.05) is 19.8 Å². The molecule has 0 aromatic heterocycles. The van der Waals surface area contributed by atoms with Gasteiger partial charge in [-0.15, -0.1) is 0 Å². The minimum atomic E-state index is -4.74. The van der Waals surface area contributed by atoms with Gasteiger partial charge in [0, 0.05) is 12.5 Å². The first-order valence-electron chi connectivity index (χ1n) is 22.7. The molecule has 0 aliphatic carbocycles. The quantitative estimate of drug-likeness (QED) is 0.0133. The molecule has 0 radical (unpaired) electrons. The van der Waals surface area contributed by atoms with Crippen LogP contribution in [0.4, 0.5) is 0 Å². The molecule has 0 rings (SSSR count). The van der Waals surface area contributed by atoms with E-state index < -0.39 is 57.7 Å². The Morgan fingerprint density at radius 3 is 1.57 bits per heavy atom. The molecule has 3 atom stereocenters. The summed E-state index contributed by atoms with van der Waals surface area (Å²) >= 11 is 0. The molecular formula is C46H82NO10P. The standard InChI is InChI=1S/C46H82NO10P/c1-3-5-7-9-11-13-15-17-19-20-21-22-24-26-28-30-32-34-36-38-45(49)57-42(40-55-58(52,53)56-41-43(47)46(50)51)39-54-44(48)37-35-33-31-29-27-25-23-18-16-14-12-10-8-6-4-2/h11,13,17,19,31,33,35,37,42-43H,3-10,12,14-16,18,20-30,32,34,36,38-41,47H2,1-2H3,(H,50,51)(H,52,53)/b13-11+,19-17+,33-31+,37-35+/t42-,43+/m1/s1. The summed E-state index contributed by atoms with van der Waals surface area (Å²) in [5.41, 5.74) is 5.33. The van der Waals surface area contributed by atoms with Crippen LogP contribution in [0.3, 0.4) is 0 Å². The van der Waals surface area contributed by atoms with E-state index in [1.807, 2.05) is 6.08 Å². The molecule has 11 nitrogen and oxygen atoms in total. The molecule has 1 unspecified atom stereocenters. The van der Waals surface area contributed by atoms with Crippen LogP contribution in [-0.2, 0) is 37.5 Å². The number of ether oxygens (including phenoxy) is 2. The largest absolute Gasteiger partial charge is 0.480 e. The lowest BCUT2D eigenvalue weighted by atomic mass is 10.1. The molecule has 0 saturated carbocycles. The van der Waals surface area contributed by atoms with Gasteiger partial charge in [-0.2, -0.15) is 0 Å². The number of carboxylic acid groups (broad SMARTS) is 1. The fourth-order valence-electron chi connectivity index (χ4n) is 6.07. The van der Waals surface area contributed by atoms with Crippen LogP contribution < -0.4 is 5.73 Å². The number of allylic oxidation sites excluding steroid dienone is 7. The number of rotatable bonds is 42. The number of esters is 2. The molecule has 0 spiro atoms. The number of phosphoric acid groups is 1.